The van der Waals surface area contributed by atoms with Crippen LogP contribution in [-0.2, 0) is 14.8 Å². The Balaban J connectivity index is 2.04. The molecule has 0 saturated carbocycles. The van der Waals surface area contributed by atoms with Gasteiger partial charge in [-0.05, 0) is 23.8 Å². The molecule has 0 spiro atoms. The number of sulfonamides is 1. The molecule has 4 unspecified atom stereocenters. The van der Waals surface area contributed by atoms with Gasteiger partial charge in [-0.25, -0.2) is 9.63 Å². The number of benzene rings is 1. The molecule has 0 aliphatic carbocycles. The van der Waals surface area contributed by atoms with E-state index in [1.807, 2.05) is 0 Å². The molecule has 1 fully saturated rings. The average Bonchev–Trinajstić information content (AvgIpc) is 2.98. The van der Waals surface area contributed by atoms with Gasteiger partial charge in [-0.3, -0.25) is 9.69 Å². The highest BCUT2D eigenvalue weighted by molar-refractivity contribution is 7.89. The first kappa shape index (κ1) is 24.4. The van der Waals surface area contributed by atoms with Gasteiger partial charge in [0.05, 0.1) is 17.7 Å². The first-order chi connectivity index (χ1) is 14.5. The number of carbonyl (C=O) groups excluding carboxylic acids is 2. The number of aliphatic hydroxyl groups excluding tert-OH is 5. The van der Waals surface area contributed by atoms with Crippen molar-refractivity contribution in [1.29, 1.82) is 0 Å². The van der Waals surface area contributed by atoms with E-state index in [0.717, 1.165) is 4.90 Å². The number of nitrogens with one attached hydrogen (secondary N) is 2. The highest BCUT2D eigenvalue weighted by Gasteiger charge is 2.30. The Morgan fingerprint density at radius 1 is 1.13 bits per heavy atom. The topological polar surface area (TPSA) is 209 Å². The van der Waals surface area contributed by atoms with Crippen LogP contribution in [0.1, 0.15) is 5.56 Å². The van der Waals surface area contributed by atoms with Gasteiger partial charge >= 0.3 is 6.03 Å². The minimum Gasteiger partial charge on any atom is -0.394 e. The summed E-state index contributed by atoms with van der Waals surface area (Å²) < 4.78 is 24.5. The first-order valence-corrected chi connectivity index (χ1v) is 10.2. The second-order valence-corrected chi connectivity index (χ2v) is 8.18. The van der Waals surface area contributed by atoms with Gasteiger partial charge < -0.3 is 30.8 Å². The van der Waals surface area contributed by atoms with E-state index in [0.29, 0.717) is 11.8 Å². The van der Waals surface area contributed by atoms with Crippen LogP contribution in [-0.4, -0.2) is 95.1 Å². The molecule has 31 heavy (non-hydrogen) atoms. The monoisotopic (exact) mass is 458 g/mol. The lowest BCUT2D eigenvalue weighted by Crippen LogP contribution is -2.46. The van der Waals surface area contributed by atoms with Crippen molar-refractivity contribution in [3.05, 3.63) is 35.5 Å². The Hall–Kier alpha value is -2.88. The van der Waals surface area contributed by atoms with E-state index in [9.17, 15) is 38.4 Å². The lowest BCUT2D eigenvalue weighted by Gasteiger charge is -2.23. The molecule has 1 saturated heterocycles. The number of rotatable bonds is 9. The highest BCUT2D eigenvalue weighted by atomic mass is 32.2. The molecule has 1 aromatic rings. The van der Waals surface area contributed by atoms with Crippen LogP contribution >= 0.6 is 0 Å². The molecular weight excluding hydrogens is 436 g/mol. The molecule has 1 aliphatic rings. The zero-order valence-corrected chi connectivity index (χ0v) is 17.0. The summed E-state index contributed by atoms with van der Waals surface area (Å²) in [5.41, 5.74) is 0.475. The van der Waals surface area contributed by atoms with Crippen LogP contribution in [0.5, 0.6) is 0 Å². The van der Waals surface area contributed by atoms with Gasteiger partial charge in [0.25, 0.3) is 15.9 Å². The van der Waals surface area contributed by atoms with Crippen LogP contribution in [0.3, 0.4) is 0 Å². The number of likely N-dealkylation sites (N-methyl/N-ethyl adjacent to an activating group) is 1. The van der Waals surface area contributed by atoms with Gasteiger partial charge in [0.15, 0.2) is 0 Å². The van der Waals surface area contributed by atoms with Crippen molar-refractivity contribution in [2.24, 2.45) is 5.10 Å². The number of urea groups is 1. The number of aliphatic hydroxyl groups is 5. The van der Waals surface area contributed by atoms with Crippen LogP contribution in [0.4, 0.5) is 4.79 Å². The van der Waals surface area contributed by atoms with Crippen molar-refractivity contribution >= 4 is 34.3 Å². The lowest BCUT2D eigenvalue weighted by atomic mass is 10.0. The SMILES string of the molecule is CN1C(=O)N/C(=C\c2ccc(S(=O)(=O)N/N=C\C(O)C(O)C(O)C(O)CO)cc2)C1=O. The van der Waals surface area contributed by atoms with E-state index in [4.69, 9.17) is 5.11 Å². The van der Waals surface area contributed by atoms with Crippen molar-refractivity contribution in [2.45, 2.75) is 29.3 Å². The Labute approximate surface area is 177 Å². The summed E-state index contributed by atoms with van der Waals surface area (Å²) in [7, 11) is -2.84. The largest absolute Gasteiger partial charge is 0.394 e. The summed E-state index contributed by atoms with van der Waals surface area (Å²) in [6.45, 7) is -0.862. The van der Waals surface area contributed by atoms with E-state index in [-0.39, 0.29) is 10.6 Å². The molecule has 7 N–H and O–H groups in total. The maximum atomic E-state index is 12.2. The number of hydrazone groups is 1. The van der Waals surface area contributed by atoms with E-state index < -0.39 is 53.0 Å². The zero-order valence-electron chi connectivity index (χ0n) is 16.2. The van der Waals surface area contributed by atoms with E-state index >= 15 is 0 Å². The Bertz CT molecular complexity index is 978. The maximum absolute atomic E-state index is 12.2. The van der Waals surface area contributed by atoms with Gasteiger partial charge in [0.2, 0.25) is 0 Å². The number of imide groups is 1. The van der Waals surface area contributed by atoms with Crippen LogP contribution < -0.4 is 10.1 Å². The van der Waals surface area contributed by atoms with Crippen molar-refractivity contribution in [3.63, 3.8) is 0 Å². The number of hydrogen-bond acceptors (Lipinski definition) is 10. The second-order valence-electron chi connectivity index (χ2n) is 6.52. The fourth-order valence-corrected chi connectivity index (χ4v) is 3.19. The van der Waals surface area contributed by atoms with E-state index in [1.54, 1.807) is 4.83 Å². The number of hydrogen-bond donors (Lipinski definition) is 7. The number of amides is 3. The smallest absolute Gasteiger partial charge is 0.328 e. The molecule has 1 aromatic carbocycles. The normalized spacial score (nSPS) is 20.1. The van der Waals surface area contributed by atoms with E-state index in [1.165, 1.54) is 37.4 Å². The summed E-state index contributed by atoms with van der Waals surface area (Å²) in [4.78, 5) is 25.7. The van der Waals surface area contributed by atoms with Gasteiger partial charge in [-0.1, -0.05) is 12.1 Å². The molecule has 4 atom stereocenters. The van der Waals surface area contributed by atoms with Gasteiger partial charge in [0, 0.05) is 7.05 Å². The fraction of sp³-hybridized carbons (Fsp3) is 0.353. The molecule has 2 rings (SSSR count). The summed E-state index contributed by atoms with van der Waals surface area (Å²) in [6, 6.07) is 4.61. The molecular formula is C17H22N4O9S. The van der Waals surface area contributed by atoms with Crippen LogP contribution in [0.15, 0.2) is 40.0 Å². The molecule has 0 radical (unpaired) electrons. The molecule has 3 amide bonds. The summed E-state index contributed by atoms with van der Waals surface area (Å²) in [5, 5.41) is 52.4. The van der Waals surface area contributed by atoms with Gasteiger partial charge in [-0.15, -0.1) is 0 Å². The molecule has 0 bridgehead atoms. The predicted octanol–water partition coefficient (Wildman–Crippen LogP) is -3.09. The first-order valence-electron chi connectivity index (χ1n) is 8.77. The van der Waals surface area contributed by atoms with Crippen molar-refractivity contribution in [1.82, 2.24) is 15.0 Å². The molecule has 1 heterocycles. The zero-order chi connectivity index (χ0) is 23.3. The number of nitrogens with zero attached hydrogens (tertiary/aromatic N) is 2. The summed E-state index contributed by atoms with van der Waals surface area (Å²) in [5.74, 6) is -0.532. The van der Waals surface area contributed by atoms with Gasteiger partial charge in [-0.2, -0.15) is 13.5 Å². The molecule has 0 aromatic heterocycles. The average molecular weight is 458 g/mol. The van der Waals surface area contributed by atoms with Crippen molar-refractivity contribution in [2.75, 3.05) is 13.7 Å². The standard InChI is InChI=1S/C17H22N4O9S/c1-21-16(27)11(19-17(21)28)6-9-2-4-10(5-3-9)31(29,30)20-18-7-12(23)14(25)15(26)13(24)8-22/h2-7,12-15,20,22-26H,8H2,1H3,(H,19,28)/b11-6-,18-7-. The van der Waals surface area contributed by atoms with Crippen molar-refractivity contribution < 1.29 is 43.5 Å². The maximum Gasteiger partial charge on any atom is 0.328 e. The third-order valence-corrected chi connectivity index (χ3v) is 5.50. The second kappa shape index (κ2) is 9.95. The van der Waals surface area contributed by atoms with Crippen LogP contribution in [0, 0.1) is 0 Å². The molecule has 1 aliphatic heterocycles. The Kier molecular flexibility index (Phi) is 7.83. The minimum atomic E-state index is -4.15. The molecule has 13 nitrogen and oxygen atoms in total. The quantitative estimate of drug-likeness (QED) is 0.0864. The van der Waals surface area contributed by atoms with Crippen LogP contribution in [0.2, 0.25) is 0 Å². The minimum absolute atomic E-state index is 0.0341. The van der Waals surface area contributed by atoms with Crippen LogP contribution in [0.25, 0.3) is 6.08 Å². The lowest BCUT2D eigenvalue weighted by molar-refractivity contribution is -0.121. The highest BCUT2D eigenvalue weighted by Crippen LogP contribution is 2.15. The molecule has 170 valence electrons. The predicted molar refractivity (Wildman–Crippen MR) is 106 cm³/mol. The van der Waals surface area contributed by atoms with E-state index in [2.05, 4.69) is 10.4 Å². The fourth-order valence-electron chi connectivity index (χ4n) is 2.39. The number of carbonyl (C=O) groups is 2. The van der Waals surface area contributed by atoms with Gasteiger partial charge in [0.1, 0.15) is 30.1 Å². The Morgan fingerprint density at radius 3 is 2.26 bits per heavy atom. The summed E-state index contributed by atoms with van der Waals surface area (Å²) in [6.07, 6.45) is -5.40. The molecule has 14 heteroatoms. The third-order valence-electron chi connectivity index (χ3n) is 4.26. The third kappa shape index (κ3) is 5.84. The Morgan fingerprint density at radius 2 is 1.74 bits per heavy atom. The summed E-state index contributed by atoms with van der Waals surface area (Å²) >= 11 is 0. The van der Waals surface area contributed by atoms with Crippen molar-refractivity contribution in [3.8, 4) is 0 Å².